The van der Waals surface area contributed by atoms with Gasteiger partial charge in [-0.05, 0) is 13.8 Å². The van der Waals surface area contributed by atoms with Gasteiger partial charge >= 0.3 is 5.97 Å². The fourth-order valence-electron chi connectivity index (χ4n) is 0.922. The monoisotopic (exact) mass is 191 g/mol. The van der Waals surface area contributed by atoms with E-state index < -0.39 is 18.3 Å². The van der Waals surface area contributed by atoms with Crippen molar-refractivity contribution < 1.29 is 19.4 Å². The molecule has 0 saturated heterocycles. The standard InChI is InChI=1S/C8H17NO4/c1-3-12-8(13-4-2)6(9)5-7(10)11/h6,8H,3-5,9H2,1-2H3,(H,10,11). The van der Waals surface area contributed by atoms with Crippen LogP contribution in [0.3, 0.4) is 0 Å². The van der Waals surface area contributed by atoms with Crippen molar-refractivity contribution >= 4 is 5.97 Å². The largest absolute Gasteiger partial charge is 0.481 e. The zero-order valence-corrected chi connectivity index (χ0v) is 8.03. The van der Waals surface area contributed by atoms with Crippen LogP contribution < -0.4 is 5.73 Å². The molecule has 78 valence electrons. The average Bonchev–Trinajstić information content (AvgIpc) is 2.02. The van der Waals surface area contributed by atoms with E-state index in [9.17, 15) is 4.79 Å². The van der Waals surface area contributed by atoms with Crippen molar-refractivity contribution in [1.82, 2.24) is 0 Å². The number of aliphatic carboxylic acids is 1. The van der Waals surface area contributed by atoms with Gasteiger partial charge in [0.15, 0.2) is 6.29 Å². The number of carboxylic acid groups (broad SMARTS) is 1. The molecule has 0 aliphatic carbocycles. The van der Waals surface area contributed by atoms with Crippen molar-refractivity contribution in [2.24, 2.45) is 5.73 Å². The maximum Gasteiger partial charge on any atom is 0.305 e. The molecule has 0 spiro atoms. The summed E-state index contributed by atoms with van der Waals surface area (Å²) in [6.07, 6.45) is -0.768. The third-order valence-corrected chi connectivity index (χ3v) is 1.42. The molecule has 1 atom stereocenters. The molecule has 0 aliphatic heterocycles. The Hall–Kier alpha value is -0.650. The van der Waals surface area contributed by atoms with Gasteiger partial charge in [-0.15, -0.1) is 0 Å². The van der Waals surface area contributed by atoms with Crippen molar-refractivity contribution in [3.05, 3.63) is 0 Å². The fourth-order valence-corrected chi connectivity index (χ4v) is 0.922. The Morgan fingerprint density at radius 1 is 1.38 bits per heavy atom. The highest BCUT2D eigenvalue weighted by Gasteiger charge is 2.20. The van der Waals surface area contributed by atoms with Crippen LogP contribution in [-0.4, -0.2) is 36.6 Å². The van der Waals surface area contributed by atoms with Crippen LogP contribution in [0, 0.1) is 0 Å². The zero-order chi connectivity index (χ0) is 10.3. The minimum absolute atomic E-state index is 0.148. The van der Waals surface area contributed by atoms with Gasteiger partial charge in [0.25, 0.3) is 0 Å². The first-order chi connectivity index (χ1) is 6.11. The predicted molar refractivity (Wildman–Crippen MR) is 47.3 cm³/mol. The predicted octanol–water partition coefficient (Wildman–Crippen LogP) is 0.188. The van der Waals surface area contributed by atoms with Gasteiger partial charge in [0.2, 0.25) is 0 Å². The summed E-state index contributed by atoms with van der Waals surface area (Å²) in [5, 5.41) is 8.48. The highest BCUT2D eigenvalue weighted by molar-refractivity contribution is 5.67. The van der Waals surface area contributed by atoms with Crippen LogP contribution in [0.2, 0.25) is 0 Å². The molecular weight excluding hydrogens is 174 g/mol. The van der Waals surface area contributed by atoms with E-state index in [1.165, 1.54) is 0 Å². The summed E-state index contributed by atoms with van der Waals surface area (Å²) in [6.45, 7) is 4.52. The van der Waals surface area contributed by atoms with Gasteiger partial charge in [-0.25, -0.2) is 0 Å². The Kier molecular flexibility index (Phi) is 6.48. The summed E-state index contributed by atoms with van der Waals surface area (Å²) in [5.74, 6) is -0.947. The quantitative estimate of drug-likeness (QED) is 0.561. The highest BCUT2D eigenvalue weighted by atomic mass is 16.7. The molecule has 3 N–H and O–H groups in total. The van der Waals surface area contributed by atoms with E-state index >= 15 is 0 Å². The second kappa shape index (κ2) is 6.82. The van der Waals surface area contributed by atoms with E-state index in [1.807, 2.05) is 0 Å². The molecule has 0 radical (unpaired) electrons. The van der Waals surface area contributed by atoms with Gasteiger partial charge in [0.1, 0.15) is 0 Å². The molecule has 1 unspecified atom stereocenters. The summed E-state index contributed by atoms with van der Waals surface area (Å²) in [5.41, 5.74) is 5.56. The van der Waals surface area contributed by atoms with Crippen LogP contribution in [0.5, 0.6) is 0 Å². The number of ether oxygens (including phenoxy) is 2. The third kappa shape index (κ3) is 5.57. The van der Waals surface area contributed by atoms with Gasteiger partial charge in [-0.3, -0.25) is 4.79 Å². The molecule has 0 aromatic heterocycles. The van der Waals surface area contributed by atoms with Crippen LogP contribution >= 0.6 is 0 Å². The summed E-state index contributed by atoms with van der Waals surface area (Å²) >= 11 is 0. The van der Waals surface area contributed by atoms with E-state index in [2.05, 4.69) is 0 Å². The SMILES string of the molecule is CCOC(OCC)C(N)CC(=O)O. The number of hydrogen-bond donors (Lipinski definition) is 2. The van der Waals surface area contributed by atoms with Gasteiger partial charge < -0.3 is 20.3 Å². The van der Waals surface area contributed by atoms with Gasteiger partial charge in [-0.1, -0.05) is 0 Å². The molecular formula is C8H17NO4. The lowest BCUT2D eigenvalue weighted by Gasteiger charge is -2.21. The molecule has 0 heterocycles. The molecule has 13 heavy (non-hydrogen) atoms. The maximum atomic E-state index is 10.3. The number of hydrogen-bond acceptors (Lipinski definition) is 4. The Balaban J connectivity index is 3.93. The molecule has 0 saturated carbocycles. The molecule has 0 aromatic rings. The fraction of sp³-hybridized carbons (Fsp3) is 0.875. The second-order valence-corrected chi connectivity index (χ2v) is 2.54. The van der Waals surface area contributed by atoms with Crippen molar-refractivity contribution in [3.63, 3.8) is 0 Å². The Bertz CT molecular complexity index is 145. The Morgan fingerprint density at radius 2 is 1.85 bits per heavy atom. The molecule has 0 fully saturated rings. The number of carbonyl (C=O) groups is 1. The van der Waals surface area contributed by atoms with Crippen LogP contribution in [0.25, 0.3) is 0 Å². The molecule has 5 nitrogen and oxygen atoms in total. The Labute approximate surface area is 77.8 Å². The van der Waals surface area contributed by atoms with Gasteiger partial charge in [-0.2, -0.15) is 0 Å². The van der Waals surface area contributed by atoms with Crippen LogP contribution in [0.15, 0.2) is 0 Å². The summed E-state index contributed by atoms with van der Waals surface area (Å²) < 4.78 is 10.3. The smallest absolute Gasteiger partial charge is 0.305 e. The first-order valence-electron chi connectivity index (χ1n) is 4.32. The second-order valence-electron chi connectivity index (χ2n) is 2.54. The van der Waals surface area contributed by atoms with Crippen molar-refractivity contribution in [1.29, 1.82) is 0 Å². The summed E-state index contributed by atoms with van der Waals surface area (Å²) in [7, 11) is 0. The lowest BCUT2D eigenvalue weighted by atomic mass is 10.2. The minimum atomic E-state index is -0.947. The maximum absolute atomic E-state index is 10.3. The lowest BCUT2D eigenvalue weighted by Crippen LogP contribution is -2.40. The molecule has 0 aromatic carbocycles. The highest BCUT2D eigenvalue weighted by Crippen LogP contribution is 2.03. The first kappa shape index (κ1) is 12.3. The molecule has 0 aliphatic rings. The first-order valence-corrected chi connectivity index (χ1v) is 4.32. The minimum Gasteiger partial charge on any atom is -0.481 e. The lowest BCUT2D eigenvalue weighted by molar-refractivity contribution is -0.158. The van der Waals surface area contributed by atoms with Crippen LogP contribution in [-0.2, 0) is 14.3 Å². The van der Waals surface area contributed by atoms with Crippen LogP contribution in [0.1, 0.15) is 20.3 Å². The molecule has 5 heteroatoms. The molecule has 0 rings (SSSR count). The number of nitrogens with two attached hydrogens (primary N) is 1. The number of rotatable bonds is 7. The van der Waals surface area contributed by atoms with E-state index in [0.29, 0.717) is 13.2 Å². The molecule has 0 amide bonds. The van der Waals surface area contributed by atoms with Crippen molar-refractivity contribution in [2.45, 2.75) is 32.6 Å². The topological polar surface area (TPSA) is 81.8 Å². The Morgan fingerprint density at radius 3 is 2.15 bits per heavy atom. The van der Waals surface area contributed by atoms with E-state index in [4.69, 9.17) is 20.3 Å². The average molecular weight is 191 g/mol. The summed E-state index contributed by atoms with van der Waals surface area (Å²) in [4.78, 5) is 10.3. The number of carboxylic acids is 1. The van der Waals surface area contributed by atoms with Crippen molar-refractivity contribution in [2.75, 3.05) is 13.2 Å². The van der Waals surface area contributed by atoms with Gasteiger partial charge in [0, 0.05) is 13.2 Å². The van der Waals surface area contributed by atoms with E-state index in [-0.39, 0.29) is 6.42 Å². The van der Waals surface area contributed by atoms with E-state index in [1.54, 1.807) is 13.8 Å². The van der Waals surface area contributed by atoms with Crippen LogP contribution in [0.4, 0.5) is 0 Å². The van der Waals surface area contributed by atoms with Crippen molar-refractivity contribution in [3.8, 4) is 0 Å². The van der Waals surface area contributed by atoms with Gasteiger partial charge in [0.05, 0.1) is 12.5 Å². The summed E-state index contributed by atoms with van der Waals surface area (Å²) in [6, 6.07) is -0.614. The third-order valence-electron chi connectivity index (χ3n) is 1.42. The normalized spacial score (nSPS) is 13.2. The van der Waals surface area contributed by atoms with E-state index in [0.717, 1.165) is 0 Å². The zero-order valence-electron chi connectivity index (χ0n) is 8.03. The molecule has 0 bridgehead atoms.